The molecule has 1 amide bonds. The fraction of sp³-hybridized carbons (Fsp3) is 0.333. The topological polar surface area (TPSA) is 94.8 Å². The molecule has 31 heavy (non-hydrogen) atoms. The van der Waals surface area contributed by atoms with Gasteiger partial charge in [0.25, 0.3) is 11.6 Å². The van der Waals surface area contributed by atoms with Crippen LogP contribution in [0.25, 0.3) is 10.2 Å². The molecule has 1 saturated heterocycles. The first kappa shape index (κ1) is 21.3. The van der Waals surface area contributed by atoms with E-state index < -0.39 is 4.92 Å². The molecule has 0 unspecified atom stereocenters. The molecule has 10 heteroatoms. The maximum absolute atomic E-state index is 13.1. The van der Waals surface area contributed by atoms with E-state index in [1.807, 2.05) is 18.2 Å². The number of nitrogens with zero attached hydrogens (tertiary/aromatic N) is 3. The summed E-state index contributed by atoms with van der Waals surface area (Å²) in [7, 11) is 2.82. The molecule has 0 N–H and O–H groups in total. The van der Waals surface area contributed by atoms with Gasteiger partial charge >= 0.3 is 0 Å². The highest BCUT2D eigenvalue weighted by molar-refractivity contribution is 7.18. The van der Waals surface area contributed by atoms with Crippen molar-refractivity contribution in [2.45, 2.75) is 18.8 Å². The van der Waals surface area contributed by atoms with E-state index in [0.29, 0.717) is 18.1 Å². The van der Waals surface area contributed by atoms with Gasteiger partial charge < -0.3 is 14.4 Å². The molecule has 1 fully saturated rings. The minimum absolute atomic E-state index is 0.00395. The van der Waals surface area contributed by atoms with Crippen LogP contribution >= 0.6 is 22.9 Å². The van der Waals surface area contributed by atoms with Gasteiger partial charge in [-0.05, 0) is 31.0 Å². The number of halogens is 1. The van der Waals surface area contributed by atoms with Gasteiger partial charge in [0.15, 0.2) is 11.5 Å². The summed E-state index contributed by atoms with van der Waals surface area (Å²) in [6.07, 6.45) is 1.47. The number of nitro benzene ring substituents is 1. The maximum atomic E-state index is 13.1. The molecule has 1 aliphatic rings. The lowest BCUT2D eigenvalue weighted by atomic mass is 9.96. The highest BCUT2D eigenvalue weighted by atomic mass is 35.5. The number of nitro groups is 1. The first-order chi connectivity index (χ1) is 14.9. The van der Waals surface area contributed by atoms with Gasteiger partial charge in [0.1, 0.15) is 5.56 Å². The Morgan fingerprint density at radius 2 is 1.87 bits per heavy atom. The van der Waals surface area contributed by atoms with Gasteiger partial charge in [-0.3, -0.25) is 14.9 Å². The van der Waals surface area contributed by atoms with Gasteiger partial charge in [-0.2, -0.15) is 0 Å². The van der Waals surface area contributed by atoms with Crippen LogP contribution in [0.15, 0.2) is 30.3 Å². The quantitative estimate of drug-likeness (QED) is 0.396. The van der Waals surface area contributed by atoms with Gasteiger partial charge in [-0.25, -0.2) is 4.98 Å². The van der Waals surface area contributed by atoms with Gasteiger partial charge in [-0.1, -0.05) is 11.6 Å². The maximum Gasteiger partial charge on any atom is 0.286 e. The molecule has 3 aromatic rings. The van der Waals surface area contributed by atoms with Crippen molar-refractivity contribution in [2.24, 2.45) is 0 Å². The van der Waals surface area contributed by atoms with E-state index in [1.54, 1.807) is 16.2 Å². The minimum atomic E-state index is -0.575. The molecule has 0 spiro atoms. The number of piperidine rings is 1. The summed E-state index contributed by atoms with van der Waals surface area (Å²) in [6.45, 7) is 0.983. The number of carbonyl (C=O) groups excluding carboxylic acids is 1. The third-order valence-electron chi connectivity index (χ3n) is 5.43. The van der Waals surface area contributed by atoms with Crippen LogP contribution in [0.2, 0.25) is 5.02 Å². The van der Waals surface area contributed by atoms with E-state index in [0.717, 1.165) is 28.1 Å². The van der Waals surface area contributed by atoms with Crippen molar-refractivity contribution in [1.29, 1.82) is 0 Å². The lowest BCUT2D eigenvalue weighted by Gasteiger charge is -2.31. The van der Waals surface area contributed by atoms with Crippen LogP contribution in [0.3, 0.4) is 0 Å². The zero-order chi connectivity index (χ0) is 22.1. The number of hydrogen-bond acceptors (Lipinski definition) is 7. The Hall–Kier alpha value is -2.91. The molecule has 0 atom stereocenters. The highest BCUT2D eigenvalue weighted by Gasteiger charge is 2.31. The number of carbonyl (C=O) groups is 1. The zero-order valence-electron chi connectivity index (χ0n) is 17.0. The minimum Gasteiger partial charge on any atom is -0.493 e. The molecule has 1 aromatic heterocycles. The number of ether oxygens (including phenoxy) is 2. The molecule has 4 rings (SSSR count). The average molecular weight is 462 g/mol. The van der Waals surface area contributed by atoms with E-state index in [4.69, 9.17) is 26.1 Å². The van der Waals surface area contributed by atoms with Crippen LogP contribution in [0, 0.1) is 10.1 Å². The van der Waals surface area contributed by atoms with Gasteiger partial charge in [0, 0.05) is 30.1 Å². The monoisotopic (exact) mass is 461 g/mol. The third kappa shape index (κ3) is 4.15. The fourth-order valence-electron chi connectivity index (χ4n) is 3.78. The number of likely N-dealkylation sites (tertiary alicyclic amines) is 1. The molecular weight excluding hydrogens is 442 g/mol. The van der Waals surface area contributed by atoms with Crippen LogP contribution < -0.4 is 9.47 Å². The average Bonchev–Trinajstić information content (AvgIpc) is 3.20. The number of amides is 1. The zero-order valence-corrected chi connectivity index (χ0v) is 18.5. The molecule has 0 saturated carbocycles. The number of rotatable bonds is 5. The van der Waals surface area contributed by atoms with Gasteiger partial charge in [0.05, 0.1) is 40.4 Å². The van der Waals surface area contributed by atoms with Crippen LogP contribution in [-0.2, 0) is 0 Å². The van der Waals surface area contributed by atoms with E-state index in [2.05, 4.69) is 0 Å². The molecule has 2 heterocycles. The Morgan fingerprint density at radius 3 is 2.52 bits per heavy atom. The summed E-state index contributed by atoms with van der Waals surface area (Å²) >= 11 is 7.70. The summed E-state index contributed by atoms with van der Waals surface area (Å²) in [5.41, 5.74) is 0.579. The number of fused-ring (bicyclic) bond motifs is 1. The molecule has 1 aliphatic heterocycles. The van der Waals surface area contributed by atoms with Crippen LogP contribution in [-0.4, -0.2) is 48.0 Å². The number of benzene rings is 2. The molecule has 0 radical (unpaired) electrons. The smallest absolute Gasteiger partial charge is 0.286 e. The lowest BCUT2D eigenvalue weighted by molar-refractivity contribution is -0.385. The van der Waals surface area contributed by atoms with Crippen molar-refractivity contribution in [3.05, 3.63) is 56.0 Å². The second-order valence-corrected chi connectivity index (χ2v) is 8.71. The number of aromatic nitrogens is 1. The number of methoxy groups -OCH3 is 2. The largest absolute Gasteiger partial charge is 0.493 e. The van der Waals surface area contributed by atoms with Gasteiger partial charge in [0.2, 0.25) is 0 Å². The van der Waals surface area contributed by atoms with Crippen LogP contribution in [0.1, 0.15) is 34.1 Å². The van der Waals surface area contributed by atoms with Gasteiger partial charge in [-0.15, -0.1) is 11.3 Å². The molecule has 0 aliphatic carbocycles. The number of hydrogen-bond donors (Lipinski definition) is 0. The SMILES string of the molecule is COc1cc(C(=O)N2CCC(c3nc4cc(Cl)ccc4s3)CC2)c([N+](=O)[O-])cc1OC. The van der Waals surface area contributed by atoms with Crippen molar-refractivity contribution in [1.82, 2.24) is 9.88 Å². The van der Waals surface area contributed by atoms with Crippen molar-refractivity contribution < 1.29 is 19.2 Å². The normalized spacial score (nSPS) is 14.6. The Kier molecular flexibility index (Phi) is 5.97. The molecular formula is C21H20ClN3O5S. The Morgan fingerprint density at radius 1 is 1.19 bits per heavy atom. The first-order valence-corrected chi connectivity index (χ1v) is 10.9. The predicted octanol–water partition coefficient (Wildman–Crippen LogP) is 4.89. The summed E-state index contributed by atoms with van der Waals surface area (Å²) in [5.74, 6) is 0.336. The lowest BCUT2D eigenvalue weighted by Crippen LogP contribution is -2.38. The van der Waals surface area contributed by atoms with Crippen LogP contribution in [0.5, 0.6) is 11.5 Å². The second-order valence-electron chi connectivity index (χ2n) is 7.21. The molecule has 8 nitrogen and oxygen atoms in total. The third-order valence-corrected chi connectivity index (χ3v) is 6.86. The summed E-state index contributed by atoms with van der Waals surface area (Å²) in [6, 6.07) is 8.27. The number of thiazole rings is 1. The Balaban J connectivity index is 1.53. The van der Waals surface area contributed by atoms with E-state index >= 15 is 0 Å². The highest BCUT2D eigenvalue weighted by Crippen LogP contribution is 2.37. The molecule has 162 valence electrons. The first-order valence-electron chi connectivity index (χ1n) is 9.67. The van der Waals surface area contributed by atoms with Crippen molar-refractivity contribution in [3.8, 4) is 11.5 Å². The van der Waals surface area contributed by atoms with Crippen molar-refractivity contribution in [3.63, 3.8) is 0 Å². The Bertz CT molecular complexity index is 1160. The van der Waals surface area contributed by atoms with Crippen molar-refractivity contribution >= 4 is 44.7 Å². The fourth-order valence-corrected chi connectivity index (χ4v) is 5.07. The second kappa shape index (κ2) is 8.68. The van der Waals surface area contributed by atoms with E-state index in [9.17, 15) is 14.9 Å². The van der Waals surface area contributed by atoms with E-state index in [-0.39, 0.29) is 34.6 Å². The standard InChI is InChI=1S/C21H20ClN3O5S/c1-29-17-10-14(16(25(27)28)11-18(17)30-2)21(26)24-7-5-12(6-8-24)20-23-15-9-13(22)3-4-19(15)31-20/h3-4,9-12H,5-8H2,1-2H3. The molecule has 0 bridgehead atoms. The van der Waals surface area contributed by atoms with Crippen LogP contribution in [0.4, 0.5) is 5.69 Å². The summed E-state index contributed by atoms with van der Waals surface area (Å²) in [4.78, 5) is 30.4. The predicted molar refractivity (Wildman–Crippen MR) is 119 cm³/mol. The van der Waals surface area contributed by atoms with E-state index in [1.165, 1.54) is 26.4 Å². The molecule has 2 aromatic carbocycles. The Labute approximate surface area is 187 Å². The summed E-state index contributed by atoms with van der Waals surface area (Å²) < 4.78 is 11.4. The van der Waals surface area contributed by atoms with Crippen molar-refractivity contribution in [2.75, 3.05) is 27.3 Å². The summed E-state index contributed by atoms with van der Waals surface area (Å²) in [5, 5.41) is 13.2.